The molecule has 1 N–H and O–H groups in total. The minimum Gasteiger partial charge on any atom is -0.497 e. The minimum atomic E-state index is 0.863. The standard InChI is InChI=1S/C15H24N2O/c1-16-11-13-7-9-17(10-8-13)12-14-3-5-15(18-2)6-4-14/h3-6,13,16H,7-12H2,1-2H3. The van der Waals surface area contributed by atoms with Gasteiger partial charge in [0.1, 0.15) is 5.75 Å². The summed E-state index contributed by atoms with van der Waals surface area (Å²) in [4.78, 5) is 2.55. The SMILES string of the molecule is CNCC1CCN(Cc2ccc(OC)cc2)CC1. The van der Waals surface area contributed by atoms with E-state index in [-0.39, 0.29) is 0 Å². The molecule has 1 fully saturated rings. The van der Waals surface area contributed by atoms with Crippen LogP contribution in [-0.4, -0.2) is 38.7 Å². The lowest BCUT2D eigenvalue weighted by Crippen LogP contribution is -2.36. The van der Waals surface area contributed by atoms with E-state index in [4.69, 9.17) is 4.74 Å². The Hall–Kier alpha value is -1.06. The second-order valence-corrected chi connectivity index (χ2v) is 5.13. The third-order valence-corrected chi connectivity index (χ3v) is 3.77. The molecule has 3 heteroatoms. The molecule has 0 aromatic heterocycles. The Bertz CT molecular complexity index is 342. The molecule has 0 aliphatic carbocycles. The molecule has 1 aliphatic rings. The van der Waals surface area contributed by atoms with Crippen LogP contribution in [0.4, 0.5) is 0 Å². The van der Waals surface area contributed by atoms with Crippen LogP contribution in [0.25, 0.3) is 0 Å². The van der Waals surface area contributed by atoms with Crippen molar-refractivity contribution in [3.8, 4) is 5.75 Å². The highest BCUT2D eigenvalue weighted by atomic mass is 16.5. The molecular formula is C15H24N2O. The zero-order valence-corrected chi connectivity index (χ0v) is 11.5. The van der Waals surface area contributed by atoms with E-state index >= 15 is 0 Å². The monoisotopic (exact) mass is 248 g/mol. The first-order valence-corrected chi connectivity index (χ1v) is 6.81. The highest BCUT2D eigenvalue weighted by Gasteiger charge is 2.18. The van der Waals surface area contributed by atoms with Crippen LogP contribution in [0.15, 0.2) is 24.3 Å². The predicted molar refractivity (Wildman–Crippen MR) is 74.9 cm³/mol. The summed E-state index contributed by atoms with van der Waals surface area (Å²) in [6.07, 6.45) is 2.63. The van der Waals surface area contributed by atoms with Gasteiger partial charge in [0.2, 0.25) is 0 Å². The second-order valence-electron chi connectivity index (χ2n) is 5.13. The average Bonchev–Trinajstić information content (AvgIpc) is 2.42. The number of nitrogens with one attached hydrogen (secondary N) is 1. The van der Waals surface area contributed by atoms with Crippen molar-refractivity contribution in [2.75, 3.05) is 33.8 Å². The predicted octanol–water partition coefficient (Wildman–Crippen LogP) is 2.13. The fourth-order valence-electron chi connectivity index (χ4n) is 2.63. The molecule has 1 aliphatic heterocycles. The van der Waals surface area contributed by atoms with Crippen LogP contribution in [0.3, 0.4) is 0 Å². The van der Waals surface area contributed by atoms with Gasteiger partial charge >= 0.3 is 0 Å². The summed E-state index contributed by atoms with van der Waals surface area (Å²) in [7, 11) is 3.76. The van der Waals surface area contributed by atoms with E-state index in [1.54, 1.807) is 7.11 Å². The molecule has 100 valence electrons. The second kappa shape index (κ2) is 6.76. The van der Waals surface area contributed by atoms with Crippen molar-refractivity contribution < 1.29 is 4.74 Å². The van der Waals surface area contributed by atoms with Crippen LogP contribution in [0.5, 0.6) is 5.75 Å². The number of benzene rings is 1. The van der Waals surface area contributed by atoms with Gasteiger partial charge in [0.25, 0.3) is 0 Å². The first-order valence-electron chi connectivity index (χ1n) is 6.81. The third kappa shape index (κ3) is 3.72. The largest absolute Gasteiger partial charge is 0.497 e. The summed E-state index contributed by atoms with van der Waals surface area (Å²) < 4.78 is 5.18. The molecule has 2 rings (SSSR count). The van der Waals surface area contributed by atoms with Crippen molar-refractivity contribution in [1.82, 2.24) is 10.2 Å². The van der Waals surface area contributed by atoms with Crippen molar-refractivity contribution in [2.24, 2.45) is 5.92 Å². The molecule has 3 nitrogen and oxygen atoms in total. The number of hydrogen-bond donors (Lipinski definition) is 1. The number of rotatable bonds is 5. The number of likely N-dealkylation sites (tertiary alicyclic amines) is 1. The first-order chi connectivity index (χ1) is 8.81. The van der Waals surface area contributed by atoms with E-state index in [1.807, 2.05) is 19.2 Å². The van der Waals surface area contributed by atoms with Gasteiger partial charge in [-0.15, -0.1) is 0 Å². The topological polar surface area (TPSA) is 24.5 Å². The van der Waals surface area contributed by atoms with Crippen LogP contribution in [-0.2, 0) is 6.54 Å². The van der Waals surface area contributed by atoms with E-state index in [0.717, 1.165) is 24.8 Å². The average molecular weight is 248 g/mol. The van der Waals surface area contributed by atoms with Crippen molar-refractivity contribution in [3.05, 3.63) is 29.8 Å². The van der Waals surface area contributed by atoms with Gasteiger partial charge in [-0.3, -0.25) is 4.90 Å². The van der Waals surface area contributed by atoms with Crippen LogP contribution in [0.1, 0.15) is 18.4 Å². The highest BCUT2D eigenvalue weighted by molar-refractivity contribution is 5.27. The molecule has 0 radical (unpaired) electrons. The Labute approximate surface area is 110 Å². The number of ether oxygens (including phenoxy) is 1. The van der Waals surface area contributed by atoms with Gasteiger partial charge in [-0.25, -0.2) is 0 Å². The maximum atomic E-state index is 5.18. The van der Waals surface area contributed by atoms with Gasteiger partial charge in [-0.1, -0.05) is 12.1 Å². The van der Waals surface area contributed by atoms with Crippen LogP contribution in [0, 0.1) is 5.92 Å². The lowest BCUT2D eigenvalue weighted by Gasteiger charge is -2.31. The molecule has 18 heavy (non-hydrogen) atoms. The van der Waals surface area contributed by atoms with Crippen molar-refractivity contribution in [3.63, 3.8) is 0 Å². The van der Waals surface area contributed by atoms with E-state index in [2.05, 4.69) is 22.3 Å². The quantitative estimate of drug-likeness (QED) is 0.864. The Morgan fingerprint density at radius 1 is 1.22 bits per heavy atom. The fraction of sp³-hybridized carbons (Fsp3) is 0.600. The zero-order chi connectivity index (χ0) is 12.8. The van der Waals surface area contributed by atoms with E-state index in [1.165, 1.54) is 31.5 Å². The van der Waals surface area contributed by atoms with E-state index in [9.17, 15) is 0 Å². The summed E-state index contributed by atoms with van der Waals surface area (Å²) >= 11 is 0. The van der Waals surface area contributed by atoms with Crippen molar-refractivity contribution >= 4 is 0 Å². The van der Waals surface area contributed by atoms with Crippen molar-refractivity contribution in [2.45, 2.75) is 19.4 Å². The minimum absolute atomic E-state index is 0.863. The van der Waals surface area contributed by atoms with Gasteiger partial charge < -0.3 is 10.1 Å². The first kappa shape index (κ1) is 13.4. The summed E-state index contributed by atoms with van der Waals surface area (Å²) in [6, 6.07) is 8.42. The molecular weight excluding hydrogens is 224 g/mol. The summed E-state index contributed by atoms with van der Waals surface area (Å²) in [5, 5.41) is 3.28. The van der Waals surface area contributed by atoms with Gasteiger partial charge in [0, 0.05) is 6.54 Å². The summed E-state index contributed by atoms with van der Waals surface area (Å²) in [6.45, 7) is 4.67. The zero-order valence-electron chi connectivity index (χ0n) is 11.5. The number of hydrogen-bond acceptors (Lipinski definition) is 3. The van der Waals surface area contributed by atoms with Gasteiger partial charge in [0.15, 0.2) is 0 Å². The highest BCUT2D eigenvalue weighted by Crippen LogP contribution is 2.19. The molecule has 1 aromatic carbocycles. The lowest BCUT2D eigenvalue weighted by atomic mass is 9.96. The maximum absolute atomic E-state index is 5.18. The van der Waals surface area contributed by atoms with Crippen LogP contribution in [0.2, 0.25) is 0 Å². The molecule has 1 aromatic rings. The van der Waals surface area contributed by atoms with Gasteiger partial charge in [-0.2, -0.15) is 0 Å². The Kier molecular flexibility index (Phi) is 5.02. The summed E-state index contributed by atoms with van der Waals surface area (Å²) in [5.41, 5.74) is 1.38. The number of nitrogens with zero attached hydrogens (tertiary/aromatic N) is 1. The molecule has 0 saturated carbocycles. The Morgan fingerprint density at radius 2 is 1.89 bits per heavy atom. The van der Waals surface area contributed by atoms with Gasteiger partial charge in [0.05, 0.1) is 7.11 Å². The molecule has 1 heterocycles. The maximum Gasteiger partial charge on any atom is 0.118 e. The molecule has 0 amide bonds. The Balaban J connectivity index is 1.80. The van der Waals surface area contributed by atoms with Crippen LogP contribution >= 0.6 is 0 Å². The fourth-order valence-corrected chi connectivity index (χ4v) is 2.63. The molecule has 0 spiro atoms. The molecule has 0 unspecified atom stereocenters. The molecule has 0 bridgehead atoms. The smallest absolute Gasteiger partial charge is 0.118 e. The molecule has 1 saturated heterocycles. The third-order valence-electron chi connectivity index (χ3n) is 3.77. The number of piperidine rings is 1. The Morgan fingerprint density at radius 3 is 2.44 bits per heavy atom. The van der Waals surface area contributed by atoms with E-state index < -0.39 is 0 Å². The lowest BCUT2D eigenvalue weighted by molar-refractivity contribution is 0.177. The van der Waals surface area contributed by atoms with Gasteiger partial charge in [-0.05, 0) is 63.1 Å². The van der Waals surface area contributed by atoms with Crippen LogP contribution < -0.4 is 10.1 Å². The number of methoxy groups -OCH3 is 1. The normalized spacial score (nSPS) is 17.9. The van der Waals surface area contributed by atoms with E-state index in [0.29, 0.717) is 0 Å². The summed E-state index contributed by atoms with van der Waals surface area (Å²) in [5.74, 6) is 1.80. The molecule has 0 atom stereocenters. The van der Waals surface area contributed by atoms with Crippen molar-refractivity contribution in [1.29, 1.82) is 0 Å².